The summed E-state index contributed by atoms with van der Waals surface area (Å²) in [5, 5.41) is 0.00655. The second-order valence-electron chi connectivity index (χ2n) is 13.5. The van der Waals surface area contributed by atoms with E-state index in [1.807, 2.05) is 98.7 Å². The maximum atomic E-state index is 14.2. The fourth-order valence-corrected chi connectivity index (χ4v) is 7.83. The van der Waals surface area contributed by atoms with Crippen LogP contribution in [0.15, 0.2) is 97.1 Å². The van der Waals surface area contributed by atoms with Gasteiger partial charge in [-0.2, -0.15) is 0 Å². The summed E-state index contributed by atoms with van der Waals surface area (Å²) in [6, 6.07) is 27.9. The van der Waals surface area contributed by atoms with Gasteiger partial charge in [0.25, 0.3) is 0 Å². The van der Waals surface area contributed by atoms with E-state index < -0.39 is 11.6 Å². The molecule has 0 amide bonds. The number of ether oxygens (including phenoxy) is 3. The molecule has 5 aromatic carbocycles. The quantitative estimate of drug-likeness (QED) is 0.0796. The molecule has 0 aromatic heterocycles. The van der Waals surface area contributed by atoms with Gasteiger partial charge in [0.1, 0.15) is 11.5 Å². The third-order valence-electron chi connectivity index (χ3n) is 9.68. The lowest BCUT2D eigenvalue weighted by Gasteiger charge is -2.28. The smallest absolute Gasteiger partial charge is 0.341 e. The molecular formula is C44H40Cl4N2O4. The zero-order valence-corrected chi connectivity index (χ0v) is 34.3. The molecule has 1 aliphatic rings. The number of carbonyl (C=O) groups is 1. The first-order valence-corrected chi connectivity index (χ1v) is 18.6. The molecular weight excluding hydrogens is 762 g/mol. The van der Waals surface area contributed by atoms with Crippen LogP contribution in [0.3, 0.4) is 0 Å². The van der Waals surface area contributed by atoms with Gasteiger partial charge in [-0.3, -0.25) is 0 Å². The van der Waals surface area contributed by atoms with Crippen molar-refractivity contribution in [2.75, 3.05) is 52.2 Å². The Morgan fingerprint density at radius 3 is 1.39 bits per heavy atom. The Hall–Kier alpha value is -4.59. The number of halogens is 4. The number of hydrogen-bond acceptors (Lipinski definition) is 6. The van der Waals surface area contributed by atoms with Gasteiger partial charge < -0.3 is 24.0 Å². The summed E-state index contributed by atoms with van der Waals surface area (Å²) in [7, 11) is 11.2. The third kappa shape index (κ3) is 7.28. The van der Waals surface area contributed by atoms with Gasteiger partial charge in [0.05, 0.1) is 39.9 Å². The molecule has 0 bridgehead atoms. The van der Waals surface area contributed by atoms with Crippen molar-refractivity contribution in [3.05, 3.63) is 162 Å². The van der Waals surface area contributed by atoms with Gasteiger partial charge in [-0.15, -0.1) is 0 Å². The largest absolute Gasteiger partial charge is 0.497 e. The number of carbonyl (C=O) groups excluding carboxylic acids is 1. The summed E-state index contributed by atoms with van der Waals surface area (Å²) in [4.78, 5) is 18.3. The Balaban J connectivity index is 1.78. The summed E-state index contributed by atoms with van der Waals surface area (Å²) in [6.45, 7) is 4.10. The highest BCUT2D eigenvalue weighted by Gasteiger charge is 2.48. The number of hydrogen-bond donors (Lipinski definition) is 0. The van der Waals surface area contributed by atoms with Gasteiger partial charge in [-0.1, -0.05) is 82.8 Å². The summed E-state index contributed by atoms with van der Waals surface area (Å²) in [5.41, 5.74) is 7.78. The van der Waals surface area contributed by atoms with Crippen LogP contribution in [-0.2, 0) is 10.3 Å². The van der Waals surface area contributed by atoms with E-state index in [9.17, 15) is 4.79 Å². The molecule has 6 nitrogen and oxygen atoms in total. The van der Waals surface area contributed by atoms with E-state index in [2.05, 4.69) is 50.2 Å². The van der Waals surface area contributed by atoms with E-state index in [0.717, 1.165) is 55.9 Å². The number of esters is 1. The molecule has 10 heteroatoms. The molecule has 0 spiro atoms. The van der Waals surface area contributed by atoms with E-state index in [4.69, 9.17) is 60.6 Å². The van der Waals surface area contributed by atoms with Crippen LogP contribution in [0.4, 0.5) is 11.4 Å². The molecule has 0 fully saturated rings. The van der Waals surface area contributed by atoms with Crippen LogP contribution in [0.5, 0.6) is 11.5 Å². The number of aryl methyl sites for hydroxylation is 2. The van der Waals surface area contributed by atoms with Crippen molar-refractivity contribution in [1.82, 2.24) is 0 Å². The highest BCUT2D eigenvalue weighted by atomic mass is 35.5. The third-order valence-corrected chi connectivity index (χ3v) is 11.5. The van der Waals surface area contributed by atoms with Gasteiger partial charge in [-0.05, 0) is 119 Å². The van der Waals surface area contributed by atoms with Gasteiger partial charge in [0.15, 0.2) is 5.60 Å². The van der Waals surface area contributed by atoms with Crippen LogP contribution < -0.4 is 19.3 Å². The zero-order chi connectivity index (χ0) is 39.1. The van der Waals surface area contributed by atoms with E-state index in [0.29, 0.717) is 11.5 Å². The number of nitrogens with zero attached hydrogens (tertiary/aromatic N) is 2. The van der Waals surface area contributed by atoms with Gasteiger partial charge in [0.2, 0.25) is 0 Å². The summed E-state index contributed by atoms with van der Waals surface area (Å²) in [5.74, 6) is 0.699. The Morgan fingerprint density at radius 1 is 0.611 bits per heavy atom. The predicted octanol–water partition coefficient (Wildman–Crippen LogP) is 11.7. The predicted molar refractivity (Wildman–Crippen MR) is 225 cm³/mol. The lowest BCUT2D eigenvalue weighted by atomic mass is 9.82. The Morgan fingerprint density at radius 2 is 1.02 bits per heavy atom. The molecule has 0 unspecified atom stereocenters. The molecule has 0 aliphatic carbocycles. The standard InChI is InChI=1S/C44H40Cl4N2O4/c1-25-21-29(49(3)4)13-19-33(25)35(27-9-15-31(52-7)16-10-27)23-44(38-37(43(51)54-44)39(45)41(47)42(48)40(38)46)24-36(28-11-17-32(53-8)18-12-28)34-20-14-30(50(5)6)22-26(34)2/h9-24H,1-8H3. The van der Waals surface area contributed by atoms with Crippen LogP contribution in [0.1, 0.15) is 49.3 Å². The molecule has 0 radical (unpaired) electrons. The minimum Gasteiger partial charge on any atom is -0.497 e. The molecule has 0 saturated heterocycles. The van der Waals surface area contributed by atoms with E-state index >= 15 is 0 Å². The van der Waals surface area contributed by atoms with Gasteiger partial charge in [-0.25, -0.2) is 4.79 Å². The van der Waals surface area contributed by atoms with Crippen molar-refractivity contribution in [2.24, 2.45) is 0 Å². The minimum atomic E-state index is -1.65. The highest BCUT2D eigenvalue weighted by Crippen LogP contribution is 2.54. The Kier molecular flexibility index (Phi) is 11.3. The monoisotopic (exact) mass is 800 g/mol. The number of rotatable bonds is 10. The number of benzene rings is 5. The molecule has 1 heterocycles. The first-order valence-electron chi connectivity index (χ1n) is 17.1. The zero-order valence-electron chi connectivity index (χ0n) is 31.3. The number of fused-ring (bicyclic) bond motifs is 1. The maximum Gasteiger partial charge on any atom is 0.341 e. The van der Waals surface area contributed by atoms with Crippen molar-refractivity contribution in [3.63, 3.8) is 0 Å². The van der Waals surface area contributed by atoms with E-state index in [1.165, 1.54) is 0 Å². The van der Waals surface area contributed by atoms with Gasteiger partial charge >= 0.3 is 5.97 Å². The lowest BCUT2D eigenvalue weighted by molar-refractivity contribution is 0.0300. The Labute approximate surface area is 337 Å². The minimum absolute atomic E-state index is 0.0154. The second-order valence-corrected chi connectivity index (χ2v) is 15.1. The first-order chi connectivity index (χ1) is 25.7. The molecule has 6 rings (SSSR count). The van der Waals surface area contributed by atoms with Crippen LogP contribution in [0.2, 0.25) is 20.1 Å². The summed E-state index contributed by atoms with van der Waals surface area (Å²) < 4.78 is 17.6. The summed E-state index contributed by atoms with van der Waals surface area (Å²) in [6.07, 6.45) is 3.85. The SMILES string of the molecule is COc1ccc(C(=CC2(C=C(c3ccc(OC)cc3)c3ccc(N(C)C)cc3C)OC(=O)c3c(Cl)c(Cl)c(Cl)c(Cl)c32)c2ccc(N(C)C)cc2C)cc1. The molecule has 5 aromatic rings. The fraction of sp³-hybridized carbons (Fsp3) is 0.205. The topological polar surface area (TPSA) is 51.2 Å². The van der Waals surface area contributed by atoms with E-state index in [1.54, 1.807) is 14.2 Å². The molecule has 1 aliphatic heterocycles. The number of methoxy groups -OCH3 is 2. The average molecular weight is 803 g/mol. The lowest BCUT2D eigenvalue weighted by Crippen LogP contribution is -2.23. The van der Waals surface area contributed by atoms with Crippen molar-refractivity contribution < 1.29 is 19.0 Å². The van der Waals surface area contributed by atoms with Crippen molar-refractivity contribution >= 4 is 74.9 Å². The first kappa shape index (κ1) is 39.1. The highest BCUT2D eigenvalue weighted by molar-refractivity contribution is 6.53. The summed E-state index contributed by atoms with van der Waals surface area (Å²) >= 11 is 27.4. The van der Waals surface area contributed by atoms with Crippen molar-refractivity contribution in [2.45, 2.75) is 19.4 Å². The molecule has 0 saturated carbocycles. The van der Waals surface area contributed by atoms with Crippen LogP contribution in [-0.4, -0.2) is 48.4 Å². The Bertz CT molecular complexity index is 2190. The van der Waals surface area contributed by atoms with Crippen molar-refractivity contribution in [3.8, 4) is 11.5 Å². The van der Waals surface area contributed by atoms with Crippen LogP contribution in [0.25, 0.3) is 11.1 Å². The van der Waals surface area contributed by atoms with Crippen molar-refractivity contribution in [1.29, 1.82) is 0 Å². The number of cyclic esters (lactones) is 1. The fourth-order valence-electron chi connectivity index (χ4n) is 6.75. The normalized spacial score (nSPS) is 15.5. The van der Waals surface area contributed by atoms with Gasteiger partial charge in [0, 0.05) is 45.1 Å². The average Bonchev–Trinajstić information content (AvgIpc) is 3.45. The maximum absolute atomic E-state index is 14.2. The van der Waals surface area contributed by atoms with Crippen LogP contribution >= 0.6 is 46.4 Å². The molecule has 54 heavy (non-hydrogen) atoms. The molecule has 0 atom stereocenters. The number of anilines is 2. The van der Waals surface area contributed by atoms with Crippen LogP contribution in [0, 0.1) is 13.8 Å². The molecule has 278 valence electrons. The second kappa shape index (κ2) is 15.6. The molecule has 0 N–H and O–H groups in total. The van der Waals surface area contributed by atoms with E-state index in [-0.39, 0.29) is 31.2 Å².